The van der Waals surface area contributed by atoms with Gasteiger partial charge in [-0.3, -0.25) is 0 Å². The van der Waals surface area contributed by atoms with Crippen LogP contribution in [0.15, 0.2) is 28.7 Å². The first-order valence-corrected chi connectivity index (χ1v) is 5.04. The molecular weight excluding hydrogens is 230 g/mol. The quantitative estimate of drug-likeness (QED) is 0.854. The highest BCUT2D eigenvalue weighted by atomic mass is 79.9. The molecule has 72 valence electrons. The maximum Gasteiger partial charge on any atom is 0.0880 e. The second kappa shape index (κ2) is 4.22. The zero-order chi connectivity index (χ0) is 9.90. The van der Waals surface area contributed by atoms with Crippen molar-refractivity contribution in [1.82, 2.24) is 0 Å². The molecule has 3 heteroatoms. The van der Waals surface area contributed by atoms with Crippen LogP contribution in [-0.4, -0.2) is 11.7 Å². The van der Waals surface area contributed by atoms with E-state index >= 15 is 0 Å². The van der Waals surface area contributed by atoms with Crippen LogP contribution in [0.5, 0.6) is 0 Å². The Balaban J connectivity index is 2.87. The summed E-state index contributed by atoms with van der Waals surface area (Å²) in [7, 11) is 0. The molecule has 0 saturated heterocycles. The maximum atomic E-state index is 9.98. The van der Waals surface area contributed by atoms with Crippen molar-refractivity contribution < 1.29 is 5.11 Å². The fraction of sp³-hybridized carbons (Fsp3) is 0.400. The Kier molecular flexibility index (Phi) is 3.47. The predicted molar refractivity (Wildman–Crippen MR) is 57.4 cm³/mol. The third-order valence-corrected chi connectivity index (χ3v) is 2.63. The molecule has 1 aromatic rings. The average molecular weight is 244 g/mol. The number of benzene rings is 1. The van der Waals surface area contributed by atoms with Gasteiger partial charge in [0, 0.05) is 4.47 Å². The van der Waals surface area contributed by atoms with Crippen LogP contribution >= 0.6 is 15.9 Å². The Morgan fingerprint density at radius 2 is 1.92 bits per heavy atom. The Hall–Kier alpha value is -0.380. The molecule has 1 rings (SSSR count). The van der Waals surface area contributed by atoms with Crippen molar-refractivity contribution in [3.63, 3.8) is 0 Å². The highest BCUT2D eigenvalue weighted by Gasteiger charge is 2.21. The van der Waals surface area contributed by atoms with E-state index < -0.39 is 5.60 Å². The Labute approximate surface area is 86.9 Å². The molecule has 0 bridgehead atoms. The second-order valence-corrected chi connectivity index (χ2v) is 4.24. The fourth-order valence-corrected chi connectivity index (χ4v) is 1.50. The molecule has 0 spiro atoms. The monoisotopic (exact) mass is 243 g/mol. The number of halogens is 1. The van der Waals surface area contributed by atoms with Crippen LogP contribution in [0, 0.1) is 0 Å². The SMILES string of the molecule is CC(O)(CCN)c1ccc(Br)cc1. The van der Waals surface area contributed by atoms with Gasteiger partial charge in [0.05, 0.1) is 5.60 Å². The van der Waals surface area contributed by atoms with Gasteiger partial charge in [-0.05, 0) is 37.6 Å². The molecule has 0 aliphatic rings. The van der Waals surface area contributed by atoms with Crippen molar-refractivity contribution in [3.8, 4) is 0 Å². The van der Waals surface area contributed by atoms with Crippen molar-refractivity contribution in [2.24, 2.45) is 5.73 Å². The Morgan fingerprint density at radius 1 is 1.38 bits per heavy atom. The molecule has 0 aromatic heterocycles. The summed E-state index contributed by atoms with van der Waals surface area (Å²) in [5, 5.41) is 9.98. The third kappa shape index (κ3) is 2.79. The third-order valence-electron chi connectivity index (χ3n) is 2.10. The zero-order valence-corrected chi connectivity index (χ0v) is 9.21. The number of aliphatic hydroxyl groups is 1. The summed E-state index contributed by atoms with van der Waals surface area (Å²) >= 11 is 3.34. The molecule has 0 aliphatic carbocycles. The summed E-state index contributed by atoms with van der Waals surface area (Å²) < 4.78 is 1.01. The maximum absolute atomic E-state index is 9.98. The van der Waals surface area contributed by atoms with Crippen molar-refractivity contribution in [3.05, 3.63) is 34.3 Å². The zero-order valence-electron chi connectivity index (χ0n) is 7.63. The second-order valence-electron chi connectivity index (χ2n) is 3.32. The summed E-state index contributed by atoms with van der Waals surface area (Å²) in [5.74, 6) is 0. The van der Waals surface area contributed by atoms with E-state index in [9.17, 15) is 5.11 Å². The Morgan fingerprint density at radius 3 is 2.38 bits per heavy atom. The van der Waals surface area contributed by atoms with Crippen molar-refractivity contribution in [2.75, 3.05) is 6.54 Å². The smallest absolute Gasteiger partial charge is 0.0880 e. The van der Waals surface area contributed by atoms with E-state index in [1.165, 1.54) is 0 Å². The first-order chi connectivity index (χ1) is 6.06. The van der Waals surface area contributed by atoms with Crippen LogP contribution in [-0.2, 0) is 5.60 Å². The van der Waals surface area contributed by atoms with Gasteiger partial charge >= 0.3 is 0 Å². The molecule has 0 heterocycles. The summed E-state index contributed by atoms with van der Waals surface area (Å²) in [4.78, 5) is 0. The number of rotatable bonds is 3. The Bertz CT molecular complexity index is 269. The fourth-order valence-electron chi connectivity index (χ4n) is 1.23. The highest BCUT2D eigenvalue weighted by molar-refractivity contribution is 9.10. The van der Waals surface area contributed by atoms with E-state index in [1.54, 1.807) is 6.92 Å². The lowest BCUT2D eigenvalue weighted by atomic mass is 9.93. The molecule has 1 unspecified atom stereocenters. The molecule has 1 atom stereocenters. The van der Waals surface area contributed by atoms with E-state index in [1.807, 2.05) is 24.3 Å². The van der Waals surface area contributed by atoms with E-state index in [2.05, 4.69) is 15.9 Å². The van der Waals surface area contributed by atoms with Gasteiger partial charge in [-0.1, -0.05) is 28.1 Å². The lowest BCUT2D eigenvalue weighted by molar-refractivity contribution is 0.0504. The number of nitrogens with two attached hydrogens (primary N) is 1. The van der Waals surface area contributed by atoms with Crippen LogP contribution in [0.2, 0.25) is 0 Å². The minimum Gasteiger partial charge on any atom is -0.385 e. The summed E-state index contributed by atoms with van der Waals surface area (Å²) in [6.07, 6.45) is 0.578. The normalized spacial score (nSPS) is 15.4. The molecule has 0 fully saturated rings. The average Bonchev–Trinajstić information content (AvgIpc) is 2.05. The van der Waals surface area contributed by atoms with E-state index in [0.717, 1.165) is 10.0 Å². The van der Waals surface area contributed by atoms with E-state index in [-0.39, 0.29) is 0 Å². The highest BCUT2D eigenvalue weighted by Crippen LogP contribution is 2.24. The topological polar surface area (TPSA) is 46.2 Å². The van der Waals surface area contributed by atoms with Crippen LogP contribution in [0.25, 0.3) is 0 Å². The van der Waals surface area contributed by atoms with Crippen molar-refractivity contribution in [2.45, 2.75) is 18.9 Å². The van der Waals surface area contributed by atoms with Gasteiger partial charge in [-0.15, -0.1) is 0 Å². The lowest BCUT2D eigenvalue weighted by Gasteiger charge is -2.22. The first kappa shape index (κ1) is 10.7. The molecule has 0 radical (unpaired) electrons. The minimum absolute atomic E-state index is 0.489. The van der Waals surface area contributed by atoms with E-state index in [4.69, 9.17) is 5.73 Å². The van der Waals surface area contributed by atoms with Gasteiger partial charge in [0.15, 0.2) is 0 Å². The van der Waals surface area contributed by atoms with Gasteiger partial charge in [-0.25, -0.2) is 0 Å². The van der Waals surface area contributed by atoms with Crippen LogP contribution in [0.4, 0.5) is 0 Å². The van der Waals surface area contributed by atoms with Gasteiger partial charge in [-0.2, -0.15) is 0 Å². The molecular formula is C10H14BrNO. The lowest BCUT2D eigenvalue weighted by Crippen LogP contribution is -2.24. The molecule has 1 aromatic carbocycles. The van der Waals surface area contributed by atoms with Crippen LogP contribution in [0.3, 0.4) is 0 Å². The predicted octanol–water partition coefficient (Wildman–Crippen LogP) is 2.01. The molecule has 0 aliphatic heterocycles. The van der Waals surface area contributed by atoms with Gasteiger partial charge in [0.2, 0.25) is 0 Å². The summed E-state index contributed by atoms with van der Waals surface area (Å²) in [5.41, 5.74) is 5.51. The van der Waals surface area contributed by atoms with Gasteiger partial charge in [0.25, 0.3) is 0 Å². The molecule has 3 N–H and O–H groups in total. The largest absolute Gasteiger partial charge is 0.385 e. The van der Waals surface area contributed by atoms with Crippen LogP contribution < -0.4 is 5.73 Å². The number of hydrogen-bond acceptors (Lipinski definition) is 2. The van der Waals surface area contributed by atoms with Crippen molar-refractivity contribution >= 4 is 15.9 Å². The number of hydrogen-bond donors (Lipinski definition) is 2. The van der Waals surface area contributed by atoms with Gasteiger partial charge < -0.3 is 10.8 Å². The molecule has 13 heavy (non-hydrogen) atoms. The summed E-state index contributed by atoms with van der Waals surface area (Å²) in [6.45, 7) is 2.27. The van der Waals surface area contributed by atoms with Gasteiger partial charge in [0.1, 0.15) is 0 Å². The molecule has 2 nitrogen and oxygen atoms in total. The first-order valence-electron chi connectivity index (χ1n) is 4.25. The van der Waals surface area contributed by atoms with Crippen molar-refractivity contribution in [1.29, 1.82) is 0 Å². The van der Waals surface area contributed by atoms with E-state index in [0.29, 0.717) is 13.0 Å². The standard InChI is InChI=1S/C10H14BrNO/c1-10(13,6-7-12)8-2-4-9(11)5-3-8/h2-5,13H,6-7,12H2,1H3. The molecule has 0 amide bonds. The summed E-state index contributed by atoms with van der Waals surface area (Å²) in [6, 6.07) is 7.64. The minimum atomic E-state index is -0.810. The van der Waals surface area contributed by atoms with Crippen LogP contribution in [0.1, 0.15) is 18.9 Å². The molecule has 0 saturated carbocycles.